The number of phenols is 1. The Morgan fingerprint density at radius 1 is 1.53 bits per heavy atom. The van der Waals surface area contributed by atoms with E-state index in [0.29, 0.717) is 13.0 Å². The molecule has 17 heavy (non-hydrogen) atoms. The molecule has 1 amide bonds. The lowest BCUT2D eigenvalue weighted by atomic mass is 10.2. The molecule has 1 aromatic carbocycles. The Labute approximate surface area is 97.3 Å². The summed E-state index contributed by atoms with van der Waals surface area (Å²) in [6.45, 7) is 0.377. The maximum Gasteiger partial charge on any atom is 0.241 e. The van der Waals surface area contributed by atoms with Crippen LogP contribution in [0.5, 0.6) is 5.75 Å². The van der Waals surface area contributed by atoms with Gasteiger partial charge in [0, 0.05) is 18.3 Å². The predicted octanol–water partition coefficient (Wildman–Crippen LogP) is 0.193. The highest BCUT2D eigenvalue weighted by molar-refractivity contribution is 5.95. The smallest absolute Gasteiger partial charge is 0.241 e. The molecule has 2 unspecified atom stereocenters. The molecule has 0 radical (unpaired) electrons. The molecule has 6 heteroatoms. The van der Waals surface area contributed by atoms with Gasteiger partial charge >= 0.3 is 0 Å². The zero-order valence-corrected chi connectivity index (χ0v) is 8.98. The highest BCUT2D eigenvalue weighted by Crippen LogP contribution is 2.20. The second-order valence-electron chi connectivity index (χ2n) is 4.01. The van der Waals surface area contributed by atoms with Crippen molar-refractivity contribution in [2.75, 3.05) is 11.9 Å². The molecule has 1 fully saturated rings. The van der Waals surface area contributed by atoms with Crippen molar-refractivity contribution in [1.29, 1.82) is 0 Å². The average Bonchev–Trinajstić information content (AvgIpc) is 2.70. The van der Waals surface area contributed by atoms with Gasteiger partial charge in [0.05, 0.1) is 12.1 Å². The van der Waals surface area contributed by atoms with Gasteiger partial charge in [-0.15, -0.1) is 0 Å². The third-order valence-electron chi connectivity index (χ3n) is 2.64. The SMILES string of the molecule is O=C(Nc1ccc(O)c(F)c1)C1CC(O)CN1. The number of nitrogens with one attached hydrogen (secondary N) is 2. The van der Waals surface area contributed by atoms with Crippen molar-refractivity contribution in [3.63, 3.8) is 0 Å². The number of carbonyl (C=O) groups is 1. The molecule has 2 rings (SSSR count). The molecule has 0 saturated carbocycles. The van der Waals surface area contributed by atoms with E-state index >= 15 is 0 Å². The van der Waals surface area contributed by atoms with Crippen LogP contribution in [0.2, 0.25) is 0 Å². The number of phenolic OH excluding ortho intramolecular Hbond substituents is 1. The van der Waals surface area contributed by atoms with E-state index in [2.05, 4.69) is 10.6 Å². The molecule has 0 bridgehead atoms. The minimum atomic E-state index is -0.790. The monoisotopic (exact) mass is 240 g/mol. The number of carbonyl (C=O) groups excluding carboxylic acids is 1. The van der Waals surface area contributed by atoms with Crippen molar-refractivity contribution in [3.05, 3.63) is 24.0 Å². The Bertz CT molecular complexity index is 439. The van der Waals surface area contributed by atoms with E-state index < -0.39 is 23.7 Å². The number of benzene rings is 1. The van der Waals surface area contributed by atoms with Gasteiger partial charge in [0.15, 0.2) is 11.6 Å². The van der Waals surface area contributed by atoms with Crippen LogP contribution < -0.4 is 10.6 Å². The van der Waals surface area contributed by atoms with Gasteiger partial charge in [-0.05, 0) is 18.6 Å². The number of aliphatic hydroxyl groups excluding tert-OH is 1. The lowest BCUT2D eigenvalue weighted by molar-refractivity contribution is -0.117. The van der Waals surface area contributed by atoms with Crippen LogP contribution in [0.4, 0.5) is 10.1 Å². The molecule has 1 aliphatic rings. The number of anilines is 1. The maximum absolute atomic E-state index is 13.0. The second kappa shape index (κ2) is 4.68. The van der Waals surface area contributed by atoms with E-state index in [9.17, 15) is 14.3 Å². The van der Waals surface area contributed by atoms with Crippen molar-refractivity contribution in [1.82, 2.24) is 5.32 Å². The van der Waals surface area contributed by atoms with Gasteiger partial charge in [-0.3, -0.25) is 4.79 Å². The van der Waals surface area contributed by atoms with Crippen molar-refractivity contribution >= 4 is 11.6 Å². The van der Waals surface area contributed by atoms with Crippen molar-refractivity contribution in [3.8, 4) is 5.75 Å². The lowest BCUT2D eigenvalue weighted by Crippen LogP contribution is -2.35. The number of β-amino-alcohol motifs (C(OH)–C–C–N with tert-alkyl or cyclic N) is 1. The average molecular weight is 240 g/mol. The first-order valence-corrected chi connectivity index (χ1v) is 5.27. The first-order valence-electron chi connectivity index (χ1n) is 5.27. The molecule has 0 aromatic heterocycles. The largest absolute Gasteiger partial charge is 0.505 e. The zero-order valence-electron chi connectivity index (χ0n) is 8.98. The molecule has 2 atom stereocenters. The molecule has 0 aliphatic carbocycles. The van der Waals surface area contributed by atoms with Gasteiger partial charge in [-0.25, -0.2) is 4.39 Å². The van der Waals surface area contributed by atoms with E-state index in [1.165, 1.54) is 12.1 Å². The summed E-state index contributed by atoms with van der Waals surface area (Å²) >= 11 is 0. The molecule has 1 heterocycles. The topological polar surface area (TPSA) is 81.6 Å². The summed E-state index contributed by atoms with van der Waals surface area (Å²) in [7, 11) is 0. The maximum atomic E-state index is 13.0. The number of hydrogen-bond acceptors (Lipinski definition) is 4. The lowest BCUT2D eigenvalue weighted by Gasteiger charge is -2.11. The quantitative estimate of drug-likeness (QED) is 0.556. The number of halogens is 1. The van der Waals surface area contributed by atoms with Gasteiger partial charge < -0.3 is 20.8 Å². The van der Waals surface area contributed by atoms with E-state index in [0.717, 1.165) is 6.07 Å². The molecule has 1 aliphatic heterocycles. The zero-order chi connectivity index (χ0) is 12.4. The van der Waals surface area contributed by atoms with E-state index in [4.69, 9.17) is 5.11 Å². The summed E-state index contributed by atoms with van der Waals surface area (Å²) in [6, 6.07) is 3.14. The normalized spacial score (nSPS) is 23.6. The van der Waals surface area contributed by atoms with Gasteiger partial charge in [-0.2, -0.15) is 0 Å². The number of hydrogen-bond donors (Lipinski definition) is 4. The Hall–Kier alpha value is -1.66. The third kappa shape index (κ3) is 2.72. The van der Waals surface area contributed by atoms with Gasteiger partial charge in [0.1, 0.15) is 0 Å². The Morgan fingerprint density at radius 3 is 2.88 bits per heavy atom. The number of aliphatic hydroxyl groups is 1. The molecule has 92 valence electrons. The molecule has 4 N–H and O–H groups in total. The summed E-state index contributed by atoms with van der Waals surface area (Å²) in [5.41, 5.74) is 0.272. The number of amides is 1. The molecule has 5 nitrogen and oxygen atoms in total. The second-order valence-corrected chi connectivity index (χ2v) is 4.01. The van der Waals surface area contributed by atoms with Crippen LogP contribution in [0.1, 0.15) is 6.42 Å². The highest BCUT2D eigenvalue weighted by Gasteiger charge is 2.27. The van der Waals surface area contributed by atoms with Crippen LogP contribution in [-0.4, -0.2) is 34.8 Å². The van der Waals surface area contributed by atoms with Crippen LogP contribution in [0, 0.1) is 5.82 Å². The Kier molecular flexibility index (Phi) is 3.26. The molecule has 1 saturated heterocycles. The Morgan fingerprint density at radius 2 is 2.29 bits per heavy atom. The summed E-state index contributed by atoms with van der Waals surface area (Å²) in [6.07, 6.45) is -0.186. The Balaban J connectivity index is 2.00. The fourth-order valence-electron chi connectivity index (χ4n) is 1.73. The van der Waals surface area contributed by atoms with Crippen molar-refractivity contribution < 1.29 is 19.4 Å². The van der Waals surface area contributed by atoms with E-state index in [1.807, 2.05) is 0 Å². The number of rotatable bonds is 2. The van der Waals surface area contributed by atoms with Crippen LogP contribution in [-0.2, 0) is 4.79 Å². The fourth-order valence-corrected chi connectivity index (χ4v) is 1.73. The molecular formula is C11H13FN2O3. The molecule has 1 aromatic rings. The molecule has 0 spiro atoms. The number of aromatic hydroxyl groups is 1. The van der Waals surface area contributed by atoms with Crippen LogP contribution >= 0.6 is 0 Å². The summed E-state index contributed by atoms with van der Waals surface area (Å²) in [5.74, 6) is -1.58. The van der Waals surface area contributed by atoms with Gasteiger partial charge in [0.2, 0.25) is 5.91 Å². The van der Waals surface area contributed by atoms with E-state index in [1.54, 1.807) is 0 Å². The predicted molar refractivity (Wildman–Crippen MR) is 59.1 cm³/mol. The summed E-state index contributed by atoms with van der Waals surface area (Å²) in [5, 5.41) is 23.6. The minimum absolute atomic E-state index is 0.272. The standard InChI is InChI=1S/C11H13FN2O3/c12-8-3-6(1-2-10(8)16)14-11(17)9-4-7(15)5-13-9/h1-3,7,9,13,15-16H,4-5H2,(H,14,17). The summed E-state index contributed by atoms with van der Waals surface area (Å²) in [4.78, 5) is 11.7. The van der Waals surface area contributed by atoms with Crippen molar-refractivity contribution in [2.24, 2.45) is 0 Å². The van der Waals surface area contributed by atoms with Gasteiger partial charge in [0.25, 0.3) is 0 Å². The minimum Gasteiger partial charge on any atom is -0.505 e. The molecular weight excluding hydrogens is 227 g/mol. The van der Waals surface area contributed by atoms with Crippen LogP contribution in [0.15, 0.2) is 18.2 Å². The fraction of sp³-hybridized carbons (Fsp3) is 0.364. The first kappa shape index (κ1) is 11.8. The highest BCUT2D eigenvalue weighted by atomic mass is 19.1. The van der Waals surface area contributed by atoms with E-state index in [-0.39, 0.29) is 11.6 Å². The van der Waals surface area contributed by atoms with Crippen LogP contribution in [0.25, 0.3) is 0 Å². The first-order chi connectivity index (χ1) is 8.06. The third-order valence-corrected chi connectivity index (χ3v) is 2.64. The van der Waals surface area contributed by atoms with Gasteiger partial charge in [-0.1, -0.05) is 0 Å². The van der Waals surface area contributed by atoms with Crippen molar-refractivity contribution in [2.45, 2.75) is 18.6 Å². The van der Waals surface area contributed by atoms with Crippen LogP contribution in [0.3, 0.4) is 0 Å². The summed E-state index contributed by atoms with van der Waals surface area (Å²) < 4.78 is 13.0.